The third-order valence-corrected chi connectivity index (χ3v) is 2.04. The van der Waals surface area contributed by atoms with Crippen LogP contribution in [-0.4, -0.2) is 41.9 Å². The van der Waals surface area contributed by atoms with Crippen LogP contribution in [0.4, 0.5) is 0 Å². The predicted octanol–water partition coefficient (Wildman–Crippen LogP) is 0.403. The van der Waals surface area contributed by atoms with E-state index >= 15 is 0 Å². The number of Topliss-reactive ketones (excluding diaryl/α,β-unsaturated/α-hetero) is 1. The molecule has 10 nitrogen and oxygen atoms in total. The molecular formula is C9H16N2O8. The minimum atomic E-state index is -1.21. The quantitative estimate of drug-likeness (QED) is 0.302. The Hall–Kier alpha value is -1.97. The third kappa shape index (κ3) is 9.71. The second-order valence-electron chi connectivity index (χ2n) is 3.92. The molecule has 0 aromatic heterocycles. The SMILES string of the molecule is CC(C)C(=O)CCOCC(CO[N+](=O)[O-])O[N+](=O)[O-]. The van der Waals surface area contributed by atoms with Crippen molar-refractivity contribution in [2.45, 2.75) is 26.4 Å². The number of ether oxygens (including phenoxy) is 1. The average Bonchev–Trinajstić information content (AvgIpc) is 2.29. The van der Waals surface area contributed by atoms with E-state index in [1.54, 1.807) is 13.8 Å². The Morgan fingerprint density at radius 2 is 1.79 bits per heavy atom. The van der Waals surface area contributed by atoms with Crippen molar-refractivity contribution in [2.24, 2.45) is 5.92 Å². The Morgan fingerprint density at radius 1 is 1.16 bits per heavy atom. The summed E-state index contributed by atoms with van der Waals surface area (Å²) in [5.41, 5.74) is 0. The highest BCUT2D eigenvalue weighted by Crippen LogP contribution is 2.01. The second-order valence-corrected chi connectivity index (χ2v) is 3.92. The summed E-state index contributed by atoms with van der Waals surface area (Å²) in [5.74, 6) is -0.125. The normalized spacial score (nSPS) is 11.9. The van der Waals surface area contributed by atoms with Crippen LogP contribution in [0.25, 0.3) is 0 Å². The van der Waals surface area contributed by atoms with Gasteiger partial charge in [0.1, 0.15) is 12.4 Å². The standard InChI is InChI=1S/C9H16N2O8/c1-7(2)9(12)3-4-17-5-8(19-11(15)16)6-18-10(13)14/h7-8H,3-6H2,1-2H3. The molecule has 0 aromatic rings. The van der Waals surface area contributed by atoms with Crippen LogP contribution in [0, 0.1) is 26.1 Å². The Kier molecular flexibility index (Phi) is 8.09. The van der Waals surface area contributed by atoms with E-state index in [-0.39, 0.29) is 31.3 Å². The van der Waals surface area contributed by atoms with Gasteiger partial charge in [-0.15, -0.1) is 20.2 Å². The van der Waals surface area contributed by atoms with Gasteiger partial charge in [0.2, 0.25) is 0 Å². The maximum Gasteiger partial charge on any atom is 0.294 e. The van der Waals surface area contributed by atoms with E-state index in [1.165, 1.54) is 0 Å². The molecule has 0 amide bonds. The first-order valence-corrected chi connectivity index (χ1v) is 5.51. The van der Waals surface area contributed by atoms with Gasteiger partial charge in [-0.25, -0.2) is 0 Å². The number of hydrogen-bond acceptors (Lipinski definition) is 8. The van der Waals surface area contributed by atoms with Crippen molar-refractivity contribution in [3.63, 3.8) is 0 Å². The first-order chi connectivity index (χ1) is 8.82. The van der Waals surface area contributed by atoms with Gasteiger partial charge in [-0.3, -0.25) is 4.79 Å². The molecule has 0 N–H and O–H groups in total. The maximum absolute atomic E-state index is 11.2. The minimum Gasteiger partial charge on any atom is -0.379 e. The molecule has 0 bridgehead atoms. The zero-order valence-electron chi connectivity index (χ0n) is 10.6. The van der Waals surface area contributed by atoms with Crippen LogP contribution in [0.5, 0.6) is 0 Å². The zero-order chi connectivity index (χ0) is 14.8. The summed E-state index contributed by atoms with van der Waals surface area (Å²) in [6.45, 7) is 2.65. The molecule has 0 heterocycles. The van der Waals surface area contributed by atoms with Crippen LogP contribution in [-0.2, 0) is 19.2 Å². The lowest BCUT2D eigenvalue weighted by molar-refractivity contribution is -0.790. The number of carbonyl (C=O) groups is 1. The van der Waals surface area contributed by atoms with Crippen LogP contribution in [0.1, 0.15) is 20.3 Å². The molecule has 1 unspecified atom stereocenters. The van der Waals surface area contributed by atoms with Crippen molar-refractivity contribution in [3.8, 4) is 0 Å². The van der Waals surface area contributed by atoms with E-state index in [0.29, 0.717) is 0 Å². The lowest BCUT2D eigenvalue weighted by Crippen LogP contribution is -2.29. The molecule has 0 saturated heterocycles. The molecule has 0 aliphatic carbocycles. The molecule has 110 valence electrons. The van der Waals surface area contributed by atoms with E-state index < -0.39 is 22.9 Å². The molecule has 1 atom stereocenters. The molecule has 0 rings (SSSR count). The van der Waals surface area contributed by atoms with Crippen LogP contribution in [0.3, 0.4) is 0 Å². The lowest BCUT2D eigenvalue weighted by atomic mass is 10.1. The number of nitrogens with zero attached hydrogens (tertiary/aromatic N) is 2. The summed E-state index contributed by atoms with van der Waals surface area (Å²) in [5, 5.41) is 17.9. The topological polar surface area (TPSA) is 131 Å². The average molecular weight is 280 g/mol. The van der Waals surface area contributed by atoms with Crippen LogP contribution >= 0.6 is 0 Å². The fourth-order valence-electron chi connectivity index (χ4n) is 1.05. The van der Waals surface area contributed by atoms with Crippen molar-refractivity contribution < 1.29 is 29.4 Å². The molecule has 0 fully saturated rings. The number of rotatable bonds is 11. The van der Waals surface area contributed by atoms with Gasteiger partial charge in [0.05, 0.1) is 13.2 Å². The Bertz CT molecular complexity index is 319. The predicted molar refractivity (Wildman–Crippen MR) is 60.1 cm³/mol. The Morgan fingerprint density at radius 3 is 2.26 bits per heavy atom. The fourth-order valence-corrected chi connectivity index (χ4v) is 1.05. The molecule has 0 radical (unpaired) electrons. The molecule has 0 spiro atoms. The van der Waals surface area contributed by atoms with Gasteiger partial charge in [-0.2, -0.15) is 0 Å². The number of hydrogen-bond donors (Lipinski definition) is 0. The van der Waals surface area contributed by atoms with E-state index in [9.17, 15) is 25.0 Å². The van der Waals surface area contributed by atoms with E-state index in [2.05, 4.69) is 9.68 Å². The minimum absolute atomic E-state index is 0.00622. The van der Waals surface area contributed by atoms with Crippen molar-refractivity contribution in [2.75, 3.05) is 19.8 Å². The van der Waals surface area contributed by atoms with E-state index in [1.807, 2.05) is 0 Å². The van der Waals surface area contributed by atoms with E-state index in [0.717, 1.165) is 0 Å². The summed E-state index contributed by atoms with van der Waals surface area (Å²) >= 11 is 0. The molecular weight excluding hydrogens is 264 g/mol. The number of carbonyl (C=O) groups excluding carboxylic acids is 1. The highest BCUT2D eigenvalue weighted by atomic mass is 17.0. The third-order valence-electron chi connectivity index (χ3n) is 2.04. The van der Waals surface area contributed by atoms with Gasteiger partial charge in [0, 0.05) is 12.3 Å². The van der Waals surface area contributed by atoms with Crippen LogP contribution < -0.4 is 0 Å². The highest BCUT2D eigenvalue weighted by Gasteiger charge is 2.16. The first-order valence-electron chi connectivity index (χ1n) is 5.51. The summed E-state index contributed by atoms with van der Waals surface area (Å²) in [6, 6.07) is 0. The van der Waals surface area contributed by atoms with E-state index in [4.69, 9.17) is 4.74 Å². The molecule has 19 heavy (non-hydrogen) atoms. The second kappa shape index (κ2) is 9.03. The van der Waals surface area contributed by atoms with Gasteiger partial charge in [0.25, 0.3) is 10.2 Å². The molecule has 10 heteroatoms. The maximum atomic E-state index is 11.2. The monoisotopic (exact) mass is 280 g/mol. The van der Waals surface area contributed by atoms with Crippen LogP contribution in [0.15, 0.2) is 0 Å². The van der Waals surface area contributed by atoms with Crippen molar-refractivity contribution in [1.29, 1.82) is 0 Å². The van der Waals surface area contributed by atoms with Crippen molar-refractivity contribution in [3.05, 3.63) is 20.2 Å². The van der Waals surface area contributed by atoms with Crippen molar-refractivity contribution in [1.82, 2.24) is 0 Å². The summed E-state index contributed by atoms with van der Waals surface area (Å²) < 4.78 is 5.00. The van der Waals surface area contributed by atoms with Crippen LogP contribution in [0.2, 0.25) is 0 Å². The van der Waals surface area contributed by atoms with Gasteiger partial charge in [-0.05, 0) is 0 Å². The van der Waals surface area contributed by atoms with Gasteiger partial charge in [0.15, 0.2) is 6.10 Å². The smallest absolute Gasteiger partial charge is 0.294 e. The summed E-state index contributed by atoms with van der Waals surface area (Å²) in [4.78, 5) is 39.4. The lowest BCUT2D eigenvalue weighted by Gasteiger charge is -2.13. The Balaban J connectivity index is 3.94. The van der Waals surface area contributed by atoms with Gasteiger partial charge < -0.3 is 14.4 Å². The zero-order valence-corrected chi connectivity index (χ0v) is 10.6. The van der Waals surface area contributed by atoms with Gasteiger partial charge in [-0.1, -0.05) is 13.8 Å². The summed E-state index contributed by atoms with van der Waals surface area (Å²) in [6.07, 6.45) is -1.05. The molecule has 0 aliphatic heterocycles. The molecule has 0 aliphatic rings. The first kappa shape index (κ1) is 17.0. The molecule has 0 aromatic carbocycles. The number of ketones is 1. The Labute approximate surface area is 108 Å². The highest BCUT2D eigenvalue weighted by molar-refractivity contribution is 5.80. The molecule has 0 saturated carbocycles. The van der Waals surface area contributed by atoms with Gasteiger partial charge >= 0.3 is 0 Å². The summed E-state index contributed by atoms with van der Waals surface area (Å²) in [7, 11) is 0. The van der Waals surface area contributed by atoms with Crippen molar-refractivity contribution >= 4 is 5.78 Å². The largest absolute Gasteiger partial charge is 0.379 e. The fraction of sp³-hybridized carbons (Fsp3) is 0.889.